The van der Waals surface area contributed by atoms with Gasteiger partial charge in [0, 0.05) is 17.8 Å². The fraction of sp³-hybridized carbons (Fsp3) is 0.308. The van der Waals surface area contributed by atoms with Gasteiger partial charge < -0.3 is 25.0 Å². The molecule has 9 nitrogen and oxygen atoms in total. The number of hydrogen-bond donors (Lipinski definition) is 3. The van der Waals surface area contributed by atoms with E-state index in [4.69, 9.17) is 4.74 Å². The van der Waals surface area contributed by atoms with E-state index in [0.29, 0.717) is 28.8 Å². The molecule has 0 bridgehead atoms. The van der Waals surface area contributed by atoms with Crippen LogP contribution in [0.5, 0.6) is 5.75 Å². The first kappa shape index (κ1) is 27.0. The maximum absolute atomic E-state index is 12.7. The van der Waals surface area contributed by atoms with Gasteiger partial charge in [0.05, 0.1) is 19.5 Å². The smallest absolute Gasteiger partial charge is 0.251 e. The number of amides is 2. The normalized spacial score (nSPS) is 11.7. The number of benzene rings is 2. The van der Waals surface area contributed by atoms with E-state index < -0.39 is 6.04 Å². The molecule has 3 N–H and O–H groups in total. The van der Waals surface area contributed by atoms with Gasteiger partial charge in [0.25, 0.3) is 5.91 Å². The largest absolute Gasteiger partial charge is 0.497 e. The van der Waals surface area contributed by atoms with E-state index in [9.17, 15) is 14.7 Å². The fourth-order valence-electron chi connectivity index (χ4n) is 3.57. The number of allylic oxidation sites excluding steroid dienone is 1. The van der Waals surface area contributed by atoms with Crippen LogP contribution in [0.25, 0.3) is 0 Å². The number of aliphatic hydroxyl groups is 1. The topological polar surface area (TPSA) is 118 Å². The number of rotatable bonds is 12. The summed E-state index contributed by atoms with van der Waals surface area (Å²) in [5, 5.41) is 24.6. The summed E-state index contributed by atoms with van der Waals surface area (Å²) in [6.45, 7) is 7.89. The molecule has 3 aromatic rings. The molecule has 3 rings (SSSR count). The molecular weight excluding hydrogens is 478 g/mol. The number of para-hydroxylation sites is 1. The van der Waals surface area contributed by atoms with Gasteiger partial charge in [-0.05, 0) is 41.8 Å². The van der Waals surface area contributed by atoms with Gasteiger partial charge in [-0.1, -0.05) is 49.9 Å². The van der Waals surface area contributed by atoms with Crippen molar-refractivity contribution >= 4 is 29.3 Å². The molecule has 190 valence electrons. The Bertz CT molecular complexity index is 1190. The molecule has 1 atom stereocenters. The van der Waals surface area contributed by atoms with Crippen molar-refractivity contribution in [1.82, 2.24) is 20.1 Å². The number of aliphatic hydroxyl groups excluding tert-OH is 1. The number of nitrogens with zero attached hydrogens (tertiary/aromatic N) is 3. The molecule has 10 heteroatoms. The van der Waals surface area contributed by atoms with Crippen LogP contribution in [0, 0.1) is 0 Å². The van der Waals surface area contributed by atoms with Gasteiger partial charge in [-0.25, -0.2) is 0 Å². The SMILES string of the molecule is C=CCn1c(SCC(=O)Nc2ccccc2C(C)C)nnc1[C@H](CO)NC(=O)c1ccc(OC)cc1. The van der Waals surface area contributed by atoms with Crippen LogP contribution in [0.1, 0.15) is 47.6 Å². The van der Waals surface area contributed by atoms with E-state index in [1.165, 1.54) is 11.8 Å². The van der Waals surface area contributed by atoms with Crippen molar-refractivity contribution in [3.05, 3.63) is 78.1 Å². The lowest BCUT2D eigenvalue weighted by Gasteiger charge is -2.17. The minimum Gasteiger partial charge on any atom is -0.497 e. The van der Waals surface area contributed by atoms with Gasteiger partial charge in [0.1, 0.15) is 11.8 Å². The Labute approximate surface area is 215 Å². The number of nitrogens with one attached hydrogen (secondary N) is 2. The van der Waals surface area contributed by atoms with Crippen LogP contribution < -0.4 is 15.4 Å². The standard InChI is InChI=1S/C26H31N5O4S/c1-5-14-31-24(22(15-32)28-25(34)18-10-12-19(35-4)13-11-18)29-30-26(31)36-16-23(33)27-21-9-7-6-8-20(21)17(2)3/h5-13,17,22,32H,1,14-16H2,2-4H3,(H,27,33)(H,28,34)/t22-/m0/s1. The summed E-state index contributed by atoms with van der Waals surface area (Å²) in [6, 6.07) is 13.5. The number of carbonyl (C=O) groups is 2. The van der Waals surface area contributed by atoms with E-state index >= 15 is 0 Å². The third-order valence-electron chi connectivity index (χ3n) is 5.40. The molecule has 0 fully saturated rings. The Morgan fingerprint density at radius 2 is 1.89 bits per heavy atom. The van der Waals surface area contributed by atoms with Gasteiger partial charge in [0.2, 0.25) is 5.91 Å². The van der Waals surface area contributed by atoms with Crippen LogP contribution in [0.15, 0.2) is 66.3 Å². The summed E-state index contributed by atoms with van der Waals surface area (Å²) in [7, 11) is 1.55. The highest BCUT2D eigenvalue weighted by molar-refractivity contribution is 7.99. The Hall–Kier alpha value is -3.63. The quantitative estimate of drug-likeness (QED) is 0.251. The highest BCUT2D eigenvalue weighted by atomic mass is 32.2. The zero-order chi connectivity index (χ0) is 26.1. The third-order valence-corrected chi connectivity index (χ3v) is 6.36. The maximum Gasteiger partial charge on any atom is 0.251 e. The van der Waals surface area contributed by atoms with E-state index in [1.54, 1.807) is 42.0 Å². The second-order valence-electron chi connectivity index (χ2n) is 8.26. The summed E-state index contributed by atoms with van der Waals surface area (Å²) in [5.41, 5.74) is 2.26. The van der Waals surface area contributed by atoms with Crippen molar-refractivity contribution in [2.24, 2.45) is 0 Å². The second kappa shape index (κ2) is 12.9. The fourth-order valence-corrected chi connectivity index (χ4v) is 4.33. The Morgan fingerprint density at radius 1 is 1.17 bits per heavy atom. The zero-order valence-corrected chi connectivity index (χ0v) is 21.4. The zero-order valence-electron chi connectivity index (χ0n) is 20.6. The van der Waals surface area contributed by atoms with Gasteiger partial charge >= 0.3 is 0 Å². The Kier molecular flexibility index (Phi) is 9.66. The summed E-state index contributed by atoms with van der Waals surface area (Å²) in [6.07, 6.45) is 1.66. The lowest BCUT2D eigenvalue weighted by atomic mass is 10.0. The van der Waals surface area contributed by atoms with Crippen LogP contribution in [0.4, 0.5) is 5.69 Å². The molecule has 0 radical (unpaired) electrons. The highest BCUT2D eigenvalue weighted by Gasteiger charge is 2.23. The average molecular weight is 510 g/mol. The van der Waals surface area contributed by atoms with Gasteiger partial charge in [-0.2, -0.15) is 0 Å². The van der Waals surface area contributed by atoms with Crippen molar-refractivity contribution in [2.75, 3.05) is 24.8 Å². The molecule has 1 heterocycles. The van der Waals surface area contributed by atoms with Crippen molar-refractivity contribution in [3.8, 4) is 5.75 Å². The predicted molar refractivity (Wildman–Crippen MR) is 140 cm³/mol. The second-order valence-corrected chi connectivity index (χ2v) is 9.20. The molecule has 36 heavy (non-hydrogen) atoms. The van der Waals surface area contributed by atoms with Crippen LogP contribution in [0.3, 0.4) is 0 Å². The van der Waals surface area contributed by atoms with E-state index in [-0.39, 0.29) is 30.1 Å². The number of thioether (sulfide) groups is 1. The molecule has 0 saturated carbocycles. The average Bonchev–Trinajstić information content (AvgIpc) is 3.28. The lowest BCUT2D eigenvalue weighted by Crippen LogP contribution is -2.33. The summed E-state index contributed by atoms with van der Waals surface area (Å²) in [4.78, 5) is 25.4. The molecule has 0 aliphatic carbocycles. The minimum absolute atomic E-state index is 0.115. The molecule has 0 aliphatic rings. The molecule has 2 amide bonds. The molecule has 1 aromatic heterocycles. The predicted octanol–water partition coefficient (Wildman–Crippen LogP) is 3.79. The van der Waals surface area contributed by atoms with Crippen LogP contribution in [0.2, 0.25) is 0 Å². The number of aromatic nitrogens is 3. The van der Waals surface area contributed by atoms with Gasteiger partial charge in [-0.15, -0.1) is 16.8 Å². The van der Waals surface area contributed by atoms with Crippen molar-refractivity contribution in [2.45, 2.75) is 37.5 Å². The third kappa shape index (κ3) is 6.73. The Balaban J connectivity index is 1.71. The monoisotopic (exact) mass is 509 g/mol. The summed E-state index contributed by atoms with van der Waals surface area (Å²) < 4.78 is 6.85. The van der Waals surface area contributed by atoms with Crippen molar-refractivity contribution in [3.63, 3.8) is 0 Å². The van der Waals surface area contributed by atoms with Crippen LogP contribution in [-0.2, 0) is 11.3 Å². The number of hydrogen-bond acceptors (Lipinski definition) is 7. The van der Waals surface area contributed by atoms with E-state index in [0.717, 1.165) is 11.3 Å². The number of ether oxygens (including phenoxy) is 1. The molecule has 0 spiro atoms. The summed E-state index contributed by atoms with van der Waals surface area (Å²) in [5.74, 6) is 0.846. The molecule has 2 aromatic carbocycles. The molecule has 0 saturated heterocycles. The van der Waals surface area contributed by atoms with E-state index in [1.807, 2.05) is 24.3 Å². The maximum atomic E-state index is 12.7. The van der Waals surface area contributed by atoms with Gasteiger partial charge in [-0.3, -0.25) is 9.59 Å². The van der Waals surface area contributed by atoms with Crippen LogP contribution >= 0.6 is 11.8 Å². The first-order valence-electron chi connectivity index (χ1n) is 11.5. The highest BCUT2D eigenvalue weighted by Crippen LogP contribution is 2.25. The van der Waals surface area contributed by atoms with Gasteiger partial charge in [0.15, 0.2) is 11.0 Å². The Morgan fingerprint density at radius 3 is 2.53 bits per heavy atom. The molecule has 0 unspecified atom stereocenters. The van der Waals surface area contributed by atoms with Crippen molar-refractivity contribution < 1.29 is 19.4 Å². The van der Waals surface area contributed by atoms with E-state index in [2.05, 4.69) is 41.3 Å². The number of methoxy groups -OCH3 is 1. The van der Waals surface area contributed by atoms with Crippen molar-refractivity contribution in [1.29, 1.82) is 0 Å². The molecule has 0 aliphatic heterocycles. The minimum atomic E-state index is -0.798. The molecular formula is C26H31N5O4S. The number of carbonyl (C=O) groups excluding carboxylic acids is 2. The van der Waals surface area contributed by atoms with Crippen LogP contribution in [-0.4, -0.2) is 51.2 Å². The lowest BCUT2D eigenvalue weighted by molar-refractivity contribution is -0.113. The first-order chi connectivity index (χ1) is 17.4. The number of anilines is 1. The summed E-state index contributed by atoms with van der Waals surface area (Å²) >= 11 is 1.22. The first-order valence-corrected chi connectivity index (χ1v) is 12.5.